The molecule has 0 aliphatic carbocycles. The SMILES string of the molecule is CC(C)NCc1cccc2c1ccn2CCO. The van der Waals surface area contributed by atoms with E-state index in [9.17, 15) is 0 Å². The van der Waals surface area contributed by atoms with Gasteiger partial charge in [-0.3, -0.25) is 0 Å². The van der Waals surface area contributed by atoms with Crippen LogP contribution in [0.15, 0.2) is 30.5 Å². The molecule has 0 saturated carbocycles. The molecular formula is C14H20N2O. The van der Waals surface area contributed by atoms with Crippen molar-refractivity contribution in [1.29, 1.82) is 0 Å². The fourth-order valence-corrected chi connectivity index (χ4v) is 2.06. The maximum atomic E-state index is 9.01. The molecule has 3 heteroatoms. The Morgan fingerprint density at radius 3 is 2.82 bits per heavy atom. The average Bonchev–Trinajstić information content (AvgIpc) is 2.71. The highest BCUT2D eigenvalue weighted by Crippen LogP contribution is 2.20. The lowest BCUT2D eigenvalue weighted by Crippen LogP contribution is -2.21. The first-order chi connectivity index (χ1) is 8.22. The normalized spacial score (nSPS) is 11.5. The van der Waals surface area contributed by atoms with Crippen LogP contribution in [0.4, 0.5) is 0 Å². The molecule has 0 aliphatic heterocycles. The predicted octanol–water partition coefficient (Wildman–Crippen LogP) is 2.13. The quantitative estimate of drug-likeness (QED) is 0.828. The van der Waals surface area contributed by atoms with Crippen molar-refractivity contribution in [2.45, 2.75) is 33.0 Å². The lowest BCUT2D eigenvalue weighted by molar-refractivity contribution is 0.278. The van der Waals surface area contributed by atoms with Crippen molar-refractivity contribution in [2.75, 3.05) is 6.61 Å². The smallest absolute Gasteiger partial charge is 0.0610 e. The van der Waals surface area contributed by atoms with E-state index in [1.807, 2.05) is 6.20 Å². The summed E-state index contributed by atoms with van der Waals surface area (Å²) in [7, 11) is 0. The third-order valence-corrected chi connectivity index (χ3v) is 2.95. The average molecular weight is 232 g/mol. The number of nitrogens with zero attached hydrogens (tertiary/aromatic N) is 1. The molecule has 0 saturated heterocycles. The number of hydrogen-bond acceptors (Lipinski definition) is 2. The van der Waals surface area contributed by atoms with E-state index in [1.54, 1.807) is 0 Å². The van der Waals surface area contributed by atoms with Crippen LogP contribution in [0.2, 0.25) is 0 Å². The van der Waals surface area contributed by atoms with Gasteiger partial charge in [-0.2, -0.15) is 0 Å². The molecule has 0 aliphatic rings. The summed E-state index contributed by atoms with van der Waals surface area (Å²) in [6.45, 7) is 6.02. The van der Waals surface area contributed by atoms with Crippen LogP contribution in [0, 0.1) is 0 Å². The van der Waals surface area contributed by atoms with Crippen molar-refractivity contribution >= 4 is 10.9 Å². The van der Waals surface area contributed by atoms with Crippen molar-refractivity contribution in [3.63, 3.8) is 0 Å². The zero-order valence-corrected chi connectivity index (χ0v) is 10.5. The highest BCUT2D eigenvalue weighted by atomic mass is 16.3. The van der Waals surface area contributed by atoms with Gasteiger partial charge in [-0.05, 0) is 17.7 Å². The standard InChI is InChI=1S/C14H20N2O/c1-11(2)15-10-12-4-3-5-14-13(12)6-7-16(14)8-9-17/h3-7,11,15,17H,8-10H2,1-2H3. The first-order valence-electron chi connectivity index (χ1n) is 6.13. The van der Waals surface area contributed by atoms with Crippen LogP contribution in [0.1, 0.15) is 19.4 Å². The van der Waals surface area contributed by atoms with E-state index < -0.39 is 0 Å². The third-order valence-electron chi connectivity index (χ3n) is 2.95. The molecule has 1 aromatic heterocycles. The summed E-state index contributed by atoms with van der Waals surface area (Å²) in [5, 5.41) is 13.7. The van der Waals surface area contributed by atoms with Gasteiger partial charge in [0.1, 0.15) is 0 Å². The zero-order chi connectivity index (χ0) is 12.3. The summed E-state index contributed by atoms with van der Waals surface area (Å²) in [6, 6.07) is 8.95. The molecule has 0 spiro atoms. The van der Waals surface area contributed by atoms with Gasteiger partial charge in [0.05, 0.1) is 6.61 Å². The highest BCUT2D eigenvalue weighted by molar-refractivity contribution is 5.83. The molecule has 17 heavy (non-hydrogen) atoms. The van der Waals surface area contributed by atoms with E-state index in [0.717, 1.165) is 6.54 Å². The van der Waals surface area contributed by atoms with Crippen molar-refractivity contribution in [3.05, 3.63) is 36.0 Å². The Morgan fingerprint density at radius 2 is 2.12 bits per heavy atom. The number of rotatable bonds is 5. The Morgan fingerprint density at radius 1 is 1.29 bits per heavy atom. The van der Waals surface area contributed by atoms with Crippen LogP contribution < -0.4 is 5.32 Å². The largest absolute Gasteiger partial charge is 0.395 e. The molecule has 0 bridgehead atoms. The molecule has 0 atom stereocenters. The number of aromatic nitrogens is 1. The van der Waals surface area contributed by atoms with Crippen LogP contribution in [0.5, 0.6) is 0 Å². The Labute approximate surface area is 102 Å². The van der Waals surface area contributed by atoms with Crippen LogP contribution in [-0.2, 0) is 13.1 Å². The van der Waals surface area contributed by atoms with Gasteiger partial charge in [0.25, 0.3) is 0 Å². The topological polar surface area (TPSA) is 37.2 Å². The maximum absolute atomic E-state index is 9.01. The molecule has 2 rings (SSSR count). The summed E-state index contributed by atoms with van der Waals surface area (Å²) in [4.78, 5) is 0. The van der Waals surface area contributed by atoms with Gasteiger partial charge in [0, 0.05) is 36.2 Å². The summed E-state index contributed by atoms with van der Waals surface area (Å²) >= 11 is 0. The fourth-order valence-electron chi connectivity index (χ4n) is 2.06. The zero-order valence-electron chi connectivity index (χ0n) is 10.5. The molecule has 0 unspecified atom stereocenters. The first kappa shape index (κ1) is 12.1. The summed E-state index contributed by atoms with van der Waals surface area (Å²) < 4.78 is 2.09. The molecule has 0 radical (unpaired) electrons. The Bertz CT molecular complexity index is 488. The molecular weight excluding hydrogens is 212 g/mol. The van der Waals surface area contributed by atoms with Gasteiger partial charge >= 0.3 is 0 Å². The van der Waals surface area contributed by atoms with E-state index in [4.69, 9.17) is 5.11 Å². The minimum absolute atomic E-state index is 0.179. The number of aliphatic hydroxyl groups excluding tert-OH is 1. The Kier molecular flexibility index (Phi) is 3.82. The first-order valence-corrected chi connectivity index (χ1v) is 6.13. The second-order valence-corrected chi connectivity index (χ2v) is 4.62. The molecule has 3 nitrogen and oxygen atoms in total. The molecule has 1 aromatic carbocycles. The van der Waals surface area contributed by atoms with E-state index in [0.29, 0.717) is 12.6 Å². The lowest BCUT2D eigenvalue weighted by atomic mass is 10.1. The Hall–Kier alpha value is -1.32. The van der Waals surface area contributed by atoms with E-state index in [1.165, 1.54) is 16.5 Å². The van der Waals surface area contributed by atoms with Crippen molar-refractivity contribution in [2.24, 2.45) is 0 Å². The number of hydrogen-bond donors (Lipinski definition) is 2. The van der Waals surface area contributed by atoms with E-state index in [2.05, 4.69) is 48.0 Å². The molecule has 2 N–H and O–H groups in total. The fraction of sp³-hybridized carbons (Fsp3) is 0.429. The highest BCUT2D eigenvalue weighted by Gasteiger charge is 2.05. The molecule has 0 fully saturated rings. The minimum atomic E-state index is 0.179. The van der Waals surface area contributed by atoms with Gasteiger partial charge in [-0.25, -0.2) is 0 Å². The second kappa shape index (κ2) is 5.34. The van der Waals surface area contributed by atoms with Crippen LogP contribution in [-0.4, -0.2) is 22.3 Å². The molecule has 1 heterocycles. The predicted molar refractivity (Wildman–Crippen MR) is 71.0 cm³/mol. The van der Waals surface area contributed by atoms with Gasteiger partial charge in [-0.1, -0.05) is 26.0 Å². The molecule has 0 amide bonds. The van der Waals surface area contributed by atoms with E-state index in [-0.39, 0.29) is 6.61 Å². The van der Waals surface area contributed by atoms with Crippen molar-refractivity contribution in [3.8, 4) is 0 Å². The van der Waals surface area contributed by atoms with E-state index >= 15 is 0 Å². The van der Waals surface area contributed by atoms with Crippen molar-refractivity contribution < 1.29 is 5.11 Å². The number of nitrogens with one attached hydrogen (secondary N) is 1. The second-order valence-electron chi connectivity index (χ2n) is 4.62. The number of aliphatic hydroxyl groups is 1. The van der Waals surface area contributed by atoms with Crippen LogP contribution >= 0.6 is 0 Å². The van der Waals surface area contributed by atoms with Crippen LogP contribution in [0.25, 0.3) is 10.9 Å². The lowest BCUT2D eigenvalue weighted by Gasteiger charge is -2.10. The third kappa shape index (κ3) is 2.68. The summed E-state index contributed by atoms with van der Waals surface area (Å²) in [5.41, 5.74) is 2.51. The summed E-state index contributed by atoms with van der Waals surface area (Å²) in [5.74, 6) is 0. The van der Waals surface area contributed by atoms with Gasteiger partial charge in [-0.15, -0.1) is 0 Å². The Balaban J connectivity index is 2.31. The maximum Gasteiger partial charge on any atom is 0.0610 e. The monoisotopic (exact) mass is 232 g/mol. The van der Waals surface area contributed by atoms with Crippen LogP contribution in [0.3, 0.4) is 0 Å². The molecule has 92 valence electrons. The van der Waals surface area contributed by atoms with Gasteiger partial charge in [0.15, 0.2) is 0 Å². The van der Waals surface area contributed by atoms with Gasteiger partial charge < -0.3 is 15.0 Å². The van der Waals surface area contributed by atoms with Gasteiger partial charge in [0.2, 0.25) is 0 Å². The van der Waals surface area contributed by atoms with Crippen molar-refractivity contribution in [1.82, 2.24) is 9.88 Å². The number of benzene rings is 1. The molecule has 2 aromatic rings. The minimum Gasteiger partial charge on any atom is -0.395 e. The summed E-state index contributed by atoms with van der Waals surface area (Å²) in [6.07, 6.45) is 2.04. The number of fused-ring (bicyclic) bond motifs is 1.